The molecular formula is C29H41NO4. The summed E-state index contributed by atoms with van der Waals surface area (Å²) in [6.07, 6.45) is 7.81. The van der Waals surface area contributed by atoms with Crippen molar-refractivity contribution in [2.75, 3.05) is 32.9 Å². The van der Waals surface area contributed by atoms with Crippen LogP contribution < -0.4 is 4.74 Å². The zero-order valence-corrected chi connectivity index (χ0v) is 21.0. The monoisotopic (exact) mass is 467 g/mol. The highest BCUT2D eigenvalue weighted by Crippen LogP contribution is 2.30. The predicted molar refractivity (Wildman–Crippen MR) is 136 cm³/mol. The molecule has 34 heavy (non-hydrogen) atoms. The molecule has 186 valence electrons. The first kappa shape index (κ1) is 25.0. The SMILES string of the molecule is CCCOC[C@H]1CC[C@@H](Oc2ccc3cc(CN4CCC(C(=O)OCC)CC4)ccc3c2)CC1. The molecule has 2 aromatic rings. The van der Waals surface area contributed by atoms with E-state index in [-0.39, 0.29) is 11.9 Å². The summed E-state index contributed by atoms with van der Waals surface area (Å²) in [7, 11) is 0. The van der Waals surface area contributed by atoms with E-state index < -0.39 is 0 Å². The number of nitrogens with zero attached hydrogens (tertiary/aromatic N) is 1. The van der Waals surface area contributed by atoms with Crippen molar-refractivity contribution in [1.29, 1.82) is 0 Å². The molecule has 0 bridgehead atoms. The average molecular weight is 468 g/mol. The van der Waals surface area contributed by atoms with Crippen LogP contribution in [0.4, 0.5) is 0 Å². The minimum atomic E-state index is -0.0279. The summed E-state index contributed by atoms with van der Waals surface area (Å²) in [6, 6.07) is 13.2. The summed E-state index contributed by atoms with van der Waals surface area (Å²) < 4.78 is 17.3. The Morgan fingerprint density at radius 2 is 1.68 bits per heavy atom. The number of carbonyl (C=O) groups excluding carboxylic acids is 1. The van der Waals surface area contributed by atoms with Crippen molar-refractivity contribution in [3.8, 4) is 5.75 Å². The maximum Gasteiger partial charge on any atom is 0.309 e. The zero-order chi connectivity index (χ0) is 23.8. The molecule has 0 N–H and O–H groups in total. The van der Waals surface area contributed by atoms with Gasteiger partial charge in [-0.2, -0.15) is 0 Å². The summed E-state index contributed by atoms with van der Waals surface area (Å²) in [4.78, 5) is 14.4. The van der Waals surface area contributed by atoms with E-state index in [0.717, 1.165) is 70.7 Å². The Morgan fingerprint density at radius 1 is 0.941 bits per heavy atom. The number of benzene rings is 2. The molecule has 2 aliphatic rings. The van der Waals surface area contributed by atoms with Gasteiger partial charge in [-0.1, -0.05) is 25.1 Å². The van der Waals surface area contributed by atoms with Crippen molar-refractivity contribution in [2.45, 2.75) is 71.4 Å². The number of hydrogen-bond donors (Lipinski definition) is 0. The molecule has 1 saturated carbocycles. The highest BCUT2D eigenvalue weighted by Gasteiger charge is 2.26. The predicted octanol–water partition coefficient (Wildman–Crippen LogP) is 5.98. The van der Waals surface area contributed by atoms with E-state index in [1.807, 2.05) is 6.92 Å². The van der Waals surface area contributed by atoms with E-state index in [2.05, 4.69) is 48.2 Å². The van der Waals surface area contributed by atoms with Crippen molar-refractivity contribution < 1.29 is 19.0 Å². The minimum Gasteiger partial charge on any atom is -0.490 e. The second-order valence-corrected chi connectivity index (χ2v) is 9.98. The number of fused-ring (bicyclic) bond motifs is 1. The highest BCUT2D eigenvalue weighted by atomic mass is 16.5. The molecule has 0 amide bonds. The van der Waals surface area contributed by atoms with Gasteiger partial charge in [-0.15, -0.1) is 0 Å². The standard InChI is InChI=1S/C29H41NO4/c1-3-17-32-21-22-6-10-27(11-7-22)34-28-12-9-25-18-23(5-8-26(25)19-28)20-30-15-13-24(14-16-30)29(31)33-4-2/h5,8-9,12,18-19,22,24,27H,3-4,6-7,10-11,13-17,20-21H2,1-2H3/t22-,27+. The number of ether oxygens (including phenoxy) is 3. The average Bonchev–Trinajstić information content (AvgIpc) is 2.86. The summed E-state index contributed by atoms with van der Waals surface area (Å²) in [5.41, 5.74) is 1.32. The molecule has 5 heteroatoms. The molecule has 5 nitrogen and oxygen atoms in total. The van der Waals surface area contributed by atoms with Gasteiger partial charge in [-0.3, -0.25) is 9.69 Å². The summed E-state index contributed by atoms with van der Waals surface area (Å²) >= 11 is 0. The lowest BCUT2D eigenvalue weighted by Gasteiger charge is -2.30. The molecule has 4 rings (SSSR count). The molecule has 1 saturated heterocycles. The maximum atomic E-state index is 12.0. The number of hydrogen-bond acceptors (Lipinski definition) is 5. The number of carbonyl (C=O) groups is 1. The second kappa shape index (κ2) is 12.6. The van der Waals surface area contributed by atoms with Crippen LogP contribution in [-0.2, 0) is 20.8 Å². The smallest absolute Gasteiger partial charge is 0.309 e. The summed E-state index contributed by atoms with van der Waals surface area (Å²) in [5.74, 6) is 1.71. The maximum absolute atomic E-state index is 12.0. The molecule has 1 heterocycles. The lowest BCUT2D eigenvalue weighted by atomic mass is 9.88. The fourth-order valence-electron chi connectivity index (χ4n) is 5.29. The van der Waals surface area contributed by atoms with Gasteiger partial charge in [-0.05, 0) is 105 Å². The van der Waals surface area contributed by atoms with Gasteiger partial charge in [0.2, 0.25) is 0 Å². The highest BCUT2D eigenvalue weighted by molar-refractivity contribution is 5.84. The van der Waals surface area contributed by atoms with Gasteiger partial charge in [0.25, 0.3) is 0 Å². The van der Waals surface area contributed by atoms with Crippen molar-refractivity contribution in [1.82, 2.24) is 4.90 Å². The molecular weight excluding hydrogens is 426 g/mol. The summed E-state index contributed by atoms with van der Waals surface area (Å²) in [6.45, 7) is 9.10. The molecule has 1 aliphatic carbocycles. The first-order chi connectivity index (χ1) is 16.6. The minimum absolute atomic E-state index is 0.0279. The fourth-order valence-corrected chi connectivity index (χ4v) is 5.29. The Hall–Kier alpha value is -2.11. The van der Waals surface area contributed by atoms with E-state index in [9.17, 15) is 4.79 Å². The van der Waals surface area contributed by atoms with E-state index in [1.54, 1.807) is 0 Å². The Kier molecular flexibility index (Phi) is 9.23. The van der Waals surface area contributed by atoms with E-state index in [1.165, 1.54) is 29.2 Å². The van der Waals surface area contributed by atoms with Crippen LogP contribution in [0, 0.1) is 11.8 Å². The number of rotatable bonds is 10. The van der Waals surface area contributed by atoms with Crippen molar-refractivity contribution in [2.24, 2.45) is 11.8 Å². The summed E-state index contributed by atoms with van der Waals surface area (Å²) in [5, 5.41) is 2.48. The zero-order valence-electron chi connectivity index (χ0n) is 21.0. The number of esters is 1. The molecule has 0 atom stereocenters. The Balaban J connectivity index is 1.26. The third kappa shape index (κ3) is 6.96. The number of piperidine rings is 1. The molecule has 2 aromatic carbocycles. The van der Waals surface area contributed by atoms with Gasteiger partial charge in [0.15, 0.2) is 0 Å². The largest absolute Gasteiger partial charge is 0.490 e. The quantitative estimate of drug-likeness (QED) is 0.318. The van der Waals surface area contributed by atoms with Gasteiger partial charge in [-0.25, -0.2) is 0 Å². The molecule has 0 spiro atoms. The van der Waals surface area contributed by atoms with E-state index >= 15 is 0 Å². The molecule has 1 aliphatic heterocycles. The Bertz CT molecular complexity index is 913. The lowest BCUT2D eigenvalue weighted by Crippen LogP contribution is -2.36. The van der Waals surface area contributed by atoms with Crippen LogP contribution in [0.2, 0.25) is 0 Å². The van der Waals surface area contributed by atoms with Crippen LogP contribution >= 0.6 is 0 Å². The van der Waals surface area contributed by atoms with Crippen LogP contribution in [0.1, 0.15) is 64.4 Å². The molecule has 0 aromatic heterocycles. The van der Waals surface area contributed by atoms with Crippen molar-refractivity contribution >= 4 is 16.7 Å². The van der Waals surface area contributed by atoms with Gasteiger partial charge < -0.3 is 14.2 Å². The van der Waals surface area contributed by atoms with Gasteiger partial charge in [0.1, 0.15) is 5.75 Å². The molecule has 2 fully saturated rings. The van der Waals surface area contributed by atoms with Gasteiger partial charge >= 0.3 is 5.97 Å². The van der Waals surface area contributed by atoms with Gasteiger partial charge in [0, 0.05) is 19.8 Å². The van der Waals surface area contributed by atoms with Crippen LogP contribution in [-0.4, -0.2) is 49.9 Å². The van der Waals surface area contributed by atoms with Crippen LogP contribution in [0.25, 0.3) is 10.8 Å². The van der Waals surface area contributed by atoms with Crippen LogP contribution in [0.5, 0.6) is 5.75 Å². The van der Waals surface area contributed by atoms with E-state index in [0.29, 0.717) is 18.6 Å². The molecule has 0 radical (unpaired) electrons. The first-order valence-electron chi connectivity index (χ1n) is 13.3. The Morgan fingerprint density at radius 3 is 2.41 bits per heavy atom. The number of likely N-dealkylation sites (tertiary alicyclic amines) is 1. The normalized spacial score (nSPS) is 22.1. The van der Waals surface area contributed by atoms with Crippen molar-refractivity contribution in [3.05, 3.63) is 42.0 Å². The third-order valence-electron chi connectivity index (χ3n) is 7.29. The Labute approximate surface area is 204 Å². The second-order valence-electron chi connectivity index (χ2n) is 9.98. The van der Waals surface area contributed by atoms with E-state index in [4.69, 9.17) is 14.2 Å². The van der Waals surface area contributed by atoms with Crippen molar-refractivity contribution in [3.63, 3.8) is 0 Å². The van der Waals surface area contributed by atoms with Crippen LogP contribution in [0.3, 0.4) is 0 Å². The fraction of sp³-hybridized carbons (Fsp3) is 0.621. The first-order valence-corrected chi connectivity index (χ1v) is 13.3. The lowest BCUT2D eigenvalue weighted by molar-refractivity contribution is -0.149. The molecule has 0 unspecified atom stereocenters. The van der Waals surface area contributed by atoms with Gasteiger partial charge in [0.05, 0.1) is 18.6 Å². The third-order valence-corrected chi connectivity index (χ3v) is 7.29. The van der Waals surface area contributed by atoms with Crippen LogP contribution in [0.15, 0.2) is 36.4 Å². The topological polar surface area (TPSA) is 48.0 Å².